The van der Waals surface area contributed by atoms with E-state index in [-0.39, 0.29) is 5.91 Å². The average Bonchev–Trinajstić information content (AvgIpc) is 3.13. The highest BCUT2D eigenvalue weighted by atomic mass is 32.1. The summed E-state index contributed by atoms with van der Waals surface area (Å²) in [7, 11) is 0. The molecule has 1 aromatic heterocycles. The van der Waals surface area contributed by atoms with Crippen LogP contribution < -0.4 is 11.1 Å². The van der Waals surface area contributed by atoms with Crippen LogP contribution in [-0.4, -0.2) is 30.4 Å². The van der Waals surface area contributed by atoms with Crippen molar-refractivity contribution in [3.05, 3.63) is 57.8 Å². The number of rotatable bonds is 6. The zero-order valence-corrected chi connectivity index (χ0v) is 15.6. The Bertz CT molecular complexity index is 669. The predicted molar refractivity (Wildman–Crippen MR) is 103 cm³/mol. The van der Waals surface area contributed by atoms with E-state index in [4.69, 9.17) is 5.73 Å². The second-order valence-electron chi connectivity index (χ2n) is 6.96. The number of aryl methyl sites for hydroxylation is 1. The maximum Gasteiger partial charge on any atom is 0.241 e. The van der Waals surface area contributed by atoms with Crippen molar-refractivity contribution in [1.29, 1.82) is 0 Å². The molecule has 4 nitrogen and oxygen atoms in total. The lowest BCUT2D eigenvalue weighted by Gasteiger charge is -2.32. The first-order chi connectivity index (χ1) is 12.1. The average molecular weight is 358 g/mol. The van der Waals surface area contributed by atoms with Crippen molar-refractivity contribution in [2.75, 3.05) is 19.6 Å². The lowest BCUT2D eigenvalue weighted by atomic mass is 9.97. The third-order valence-corrected chi connectivity index (χ3v) is 5.71. The van der Waals surface area contributed by atoms with E-state index in [0.29, 0.717) is 12.5 Å². The highest BCUT2D eigenvalue weighted by molar-refractivity contribution is 7.09. The first-order valence-corrected chi connectivity index (χ1v) is 9.84. The Balaban J connectivity index is 1.47. The molecule has 2 aromatic rings. The summed E-state index contributed by atoms with van der Waals surface area (Å²) in [5, 5.41) is 5.19. The first kappa shape index (κ1) is 18.1. The van der Waals surface area contributed by atoms with Gasteiger partial charge in [0.1, 0.15) is 6.04 Å². The number of carbonyl (C=O) groups excluding carboxylic acids is 1. The van der Waals surface area contributed by atoms with E-state index in [1.165, 1.54) is 23.3 Å². The Morgan fingerprint density at radius 1 is 1.36 bits per heavy atom. The molecule has 0 radical (unpaired) electrons. The van der Waals surface area contributed by atoms with Crippen LogP contribution in [0.4, 0.5) is 0 Å². The first-order valence-electron chi connectivity index (χ1n) is 8.96. The number of likely N-dealkylation sites (tertiary alicyclic amines) is 1. The van der Waals surface area contributed by atoms with Crippen molar-refractivity contribution in [1.82, 2.24) is 10.2 Å². The van der Waals surface area contributed by atoms with Crippen molar-refractivity contribution in [2.45, 2.75) is 32.4 Å². The van der Waals surface area contributed by atoms with Gasteiger partial charge in [0, 0.05) is 24.5 Å². The quantitative estimate of drug-likeness (QED) is 0.835. The maximum atomic E-state index is 12.4. The van der Waals surface area contributed by atoms with Gasteiger partial charge in [-0.2, -0.15) is 0 Å². The van der Waals surface area contributed by atoms with Crippen LogP contribution >= 0.6 is 11.3 Å². The van der Waals surface area contributed by atoms with Crippen LogP contribution in [0.2, 0.25) is 0 Å². The van der Waals surface area contributed by atoms with E-state index in [1.807, 2.05) is 42.5 Å². The van der Waals surface area contributed by atoms with Crippen LogP contribution in [0.3, 0.4) is 0 Å². The number of nitrogens with zero attached hydrogens (tertiary/aromatic N) is 1. The Morgan fingerprint density at radius 3 is 2.88 bits per heavy atom. The molecule has 1 aromatic carbocycles. The van der Waals surface area contributed by atoms with Gasteiger partial charge < -0.3 is 11.1 Å². The van der Waals surface area contributed by atoms with E-state index in [0.717, 1.165) is 25.2 Å². The van der Waals surface area contributed by atoms with Gasteiger partial charge in [-0.25, -0.2) is 0 Å². The zero-order chi connectivity index (χ0) is 17.6. The van der Waals surface area contributed by atoms with Crippen LogP contribution in [0.25, 0.3) is 0 Å². The molecule has 2 unspecified atom stereocenters. The number of nitrogens with two attached hydrogens (primary N) is 1. The summed E-state index contributed by atoms with van der Waals surface area (Å²) < 4.78 is 0. The van der Waals surface area contributed by atoms with Crippen molar-refractivity contribution >= 4 is 17.2 Å². The fraction of sp³-hybridized carbons (Fsp3) is 0.450. The zero-order valence-electron chi connectivity index (χ0n) is 14.8. The summed E-state index contributed by atoms with van der Waals surface area (Å²) in [5.41, 5.74) is 8.14. The molecule has 1 aliphatic heterocycles. The number of benzene rings is 1. The minimum Gasteiger partial charge on any atom is -0.354 e. The summed E-state index contributed by atoms with van der Waals surface area (Å²) in [6.45, 7) is 5.94. The summed E-state index contributed by atoms with van der Waals surface area (Å²) in [5.74, 6) is 0.419. The number of amides is 1. The minimum atomic E-state index is -0.591. The van der Waals surface area contributed by atoms with Gasteiger partial charge in [0.15, 0.2) is 0 Å². The summed E-state index contributed by atoms with van der Waals surface area (Å²) in [4.78, 5) is 16.3. The van der Waals surface area contributed by atoms with Crippen molar-refractivity contribution in [3.8, 4) is 0 Å². The third kappa shape index (κ3) is 5.14. The molecule has 134 valence electrons. The molecular formula is C20H27N3OS. The van der Waals surface area contributed by atoms with Crippen LogP contribution in [-0.2, 0) is 11.3 Å². The van der Waals surface area contributed by atoms with Crippen molar-refractivity contribution in [3.63, 3.8) is 0 Å². The van der Waals surface area contributed by atoms with Crippen molar-refractivity contribution in [2.24, 2.45) is 11.7 Å². The van der Waals surface area contributed by atoms with Gasteiger partial charge in [-0.3, -0.25) is 9.69 Å². The number of piperidine rings is 1. The molecule has 25 heavy (non-hydrogen) atoms. The summed E-state index contributed by atoms with van der Waals surface area (Å²) in [6, 6.07) is 11.6. The number of carbonyl (C=O) groups is 1. The van der Waals surface area contributed by atoms with Gasteiger partial charge in [-0.05, 0) is 49.2 Å². The number of hydrogen-bond acceptors (Lipinski definition) is 4. The van der Waals surface area contributed by atoms with Gasteiger partial charge in [-0.15, -0.1) is 11.3 Å². The van der Waals surface area contributed by atoms with Crippen molar-refractivity contribution < 1.29 is 4.79 Å². The number of nitrogens with one attached hydrogen (secondary N) is 1. The van der Waals surface area contributed by atoms with Gasteiger partial charge >= 0.3 is 0 Å². The van der Waals surface area contributed by atoms with Crippen LogP contribution in [0.15, 0.2) is 41.8 Å². The molecule has 0 spiro atoms. The lowest BCUT2D eigenvalue weighted by molar-refractivity contribution is -0.122. The largest absolute Gasteiger partial charge is 0.354 e. The molecule has 1 fully saturated rings. The SMILES string of the molecule is Cc1ccc(C(N)C(=O)NCC2CCCN(Cc3cccs3)C2)cc1. The van der Waals surface area contributed by atoms with E-state index in [2.05, 4.69) is 27.7 Å². The Morgan fingerprint density at radius 2 is 2.16 bits per heavy atom. The van der Waals surface area contributed by atoms with E-state index >= 15 is 0 Å². The molecule has 1 saturated heterocycles. The van der Waals surface area contributed by atoms with Crippen LogP contribution in [0.1, 0.15) is 34.9 Å². The smallest absolute Gasteiger partial charge is 0.241 e. The molecule has 0 saturated carbocycles. The fourth-order valence-corrected chi connectivity index (χ4v) is 4.11. The standard InChI is InChI=1S/C20H27N3OS/c1-15-6-8-17(9-7-15)19(21)20(24)22-12-16-4-2-10-23(13-16)14-18-5-3-11-25-18/h3,5-9,11,16,19H,2,4,10,12-14,21H2,1H3,(H,22,24). The molecular weight excluding hydrogens is 330 g/mol. The maximum absolute atomic E-state index is 12.4. The molecule has 5 heteroatoms. The monoisotopic (exact) mass is 357 g/mol. The lowest BCUT2D eigenvalue weighted by Crippen LogP contribution is -2.42. The predicted octanol–water partition coefficient (Wildman–Crippen LogP) is 3.08. The van der Waals surface area contributed by atoms with Gasteiger partial charge in [0.2, 0.25) is 5.91 Å². The van der Waals surface area contributed by atoms with E-state index in [9.17, 15) is 4.79 Å². The molecule has 0 aliphatic carbocycles. The Hall–Kier alpha value is -1.69. The third-order valence-electron chi connectivity index (χ3n) is 4.85. The van der Waals surface area contributed by atoms with Crippen LogP contribution in [0.5, 0.6) is 0 Å². The Kier molecular flexibility index (Phi) is 6.24. The molecule has 3 rings (SSSR count). The van der Waals surface area contributed by atoms with Gasteiger partial charge in [-0.1, -0.05) is 35.9 Å². The van der Waals surface area contributed by atoms with E-state index < -0.39 is 6.04 Å². The number of thiophene rings is 1. The normalized spacial score (nSPS) is 19.5. The topological polar surface area (TPSA) is 58.4 Å². The van der Waals surface area contributed by atoms with E-state index in [1.54, 1.807) is 0 Å². The second-order valence-corrected chi connectivity index (χ2v) is 7.99. The molecule has 1 aliphatic rings. The van der Waals surface area contributed by atoms with Crippen LogP contribution in [0, 0.1) is 12.8 Å². The number of hydrogen-bond donors (Lipinski definition) is 2. The Labute approximate surface area is 154 Å². The molecule has 3 N–H and O–H groups in total. The molecule has 1 amide bonds. The summed E-state index contributed by atoms with van der Waals surface area (Å²) in [6.07, 6.45) is 2.36. The minimum absolute atomic E-state index is 0.0840. The highest BCUT2D eigenvalue weighted by Gasteiger charge is 2.22. The summed E-state index contributed by atoms with van der Waals surface area (Å²) >= 11 is 1.81. The van der Waals surface area contributed by atoms with Gasteiger partial charge in [0.25, 0.3) is 0 Å². The highest BCUT2D eigenvalue weighted by Crippen LogP contribution is 2.20. The molecule has 0 bridgehead atoms. The second kappa shape index (κ2) is 8.61. The van der Waals surface area contributed by atoms with Gasteiger partial charge in [0.05, 0.1) is 0 Å². The molecule has 2 heterocycles. The fourth-order valence-electron chi connectivity index (χ4n) is 3.36. The molecule has 2 atom stereocenters.